The molecule has 3 aromatic rings. The summed E-state index contributed by atoms with van der Waals surface area (Å²) in [5.74, 6) is -1.47. The highest BCUT2D eigenvalue weighted by Gasteiger charge is 2.39. The van der Waals surface area contributed by atoms with Crippen molar-refractivity contribution < 1.29 is 19.5 Å². The van der Waals surface area contributed by atoms with Crippen molar-refractivity contribution in [3.8, 4) is 5.75 Å². The fraction of sp³-hybridized carbons (Fsp3) is 0.0800. The van der Waals surface area contributed by atoms with Crippen molar-refractivity contribution in [1.29, 1.82) is 0 Å². The summed E-state index contributed by atoms with van der Waals surface area (Å²) in [6.07, 6.45) is 0. The molecule has 8 heteroatoms. The summed E-state index contributed by atoms with van der Waals surface area (Å²) < 4.78 is 0. The molecule has 0 fully saturated rings. The lowest BCUT2D eigenvalue weighted by molar-refractivity contribution is -0.120. The zero-order valence-corrected chi connectivity index (χ0v) is 18.6. The number of rotatable bonds is 5. The zero-order chi connectivity index (χ0) is 23.7. The summed E-state index contributed by atoms with van der Waals surface area (Å²) in [6, 6.07) is 17.9. The highest BCUT2D eigenvalue weighted by molar-refractivity contribution is 6.53. The average molecular weight is 462 g/mol. The van der Waals surface area contributed by atoms with Crippen molar-refractivity contribution in [3.63, 3.8) is 0 Å². The van der Waals surface area contributed by atoms with Gasteiger partial charge in [0.15, 0.2) is 0 Å². The van der Waals surface area contributed by atoms with E-state index < -0.39 is 11.8 Å². The largest absolute Gasteiger partial charge is 0.508 e. The van der Waals surface area contributed by atoms with Crippen molar-refractivity contribution in [3.05, 3.63) is 94.1 Å². The maximum absolute atomic E-state index is 13.1. The summed E-state index contributed by atoms with van der Waals surface area (Å²) in [5, 5.41) is 14.8. The number of benzene rings is 3. The van der Waals surface area contributed by atoms with Gasteiger partial charge in [0, 0.05) is 16.9 Å². The first-order valence-electron chi connectivity index (χ1n) is 10.1. The Balaban J connectivity index is 1.56. The smallest absolute Gasteiger partial charge is 0.283 e. The van der Waals surface area contributed by atoms with E-state index >= 15 is 0 Å². The van der Waals surface area contributed by atoms with Crippen molar-refractivity contribution in [2.75, 3.05) is 15.5 Å². The second-order valence-electron chi connectivity index (χ2n) is 7.56. The van der Waals surface area contributed by atoms with Crippen LogP contribution >= 0.6 is 11.6 Å². The van der Waals surface area contributed by atoms with E-state index in [1.54, 1.807) is 48.5 Å². The van der Waals surface area contributed by atoms with Crippen LogP contribution in [0.4, 0.5) is 17.1 Å². The van der Waals surface area contributed by atoms with Crippen molar-refractivity contribution in [2.24, 2.45) is 0 Å². The third-order valence-electron chi connectivity index (χ3n) is 5.36. The fourth-order valence-corrected chi connectivity index (χ4v) is 3.65. The van der Waals surface area contributed by atoms with Crippen molar-refractivity contribution in [1.82, 2.24) is 0 Å². The number of phenols is 1. The molecule has 0 aliphatic carbocycles. The second-order valence-corrected chi connectivity index (χ2v) is 7.94. The average Bonchev–Trinajstić information content (AvgIpc) is 3.00. The Hall–Kier alpha value is -4.10. The Morgan fingerprint density at radius 1 is 0.909 bits per heavy atom. The minimum Gasteiger partial charge on any atom is -0.508 e. The summed E-state index contributed by atoms with van der Waals surface area (Å²) >= 11 is 6.24. The number of hydrogen-bond acceptors (Lipinski definition) is 5. The van der Waals surface area contributed by atoms with Crippen LogP contribution < -0.4 is 15.5 Å². The van der Waals surface area contributed by atoms with Gasteiger partial charge in [0.25, 0.3) is 17.7 Å². The highest BCUT2D eigenvalue weighted by atomic mass is 35.5. The topological polar surface area (TPSA) is 98.7 Å². The predicted octanol–water partition coefficient (Wildman–Crippen LogP) is 4.70. The number of phenolic OH excluding ortho intramolecular Hbond substituents is 1. The van der Waals surface area contributed by atoms with Crippen LogP contribution in [-0.2, 0) is 9.59 Å². The van der Waals surface area contributed by atoms with Crippen LogP contribution in [0.15, 0.2) is 77.5 Å². The molecule has 7 nitrogen and oxygen atoms in total. The minimum absolute atomic E-state index is 0.0568. The molecule has 0 bridgehead atoms. The molecule has 1 heterocycles. The maximum atomic E-state index is 13.1. The fourth-order valence-electron chi connectivity index (χ4n) is 3.44. The van der Waals surface area contributed by atoms with Crippen LogP contribution in [0.25, 0.3) is 0 Å². The molecule has 0 saturated heterocycles. The maximum Gasteiger partial charge on any atom is 0.283 e. The third-order valence-corrected chi connectivity index (χ3v) is 5.71. The molecule has 0 radical (unpaired) electrons. The molecule has 0 aromatic heterocycles. The minimum atomic E-state index is -0.612. The van der Waals surface area contributed by atoms with Gasteiger partial charge < -0.3 is 15.7 Å². The highest BCUT2D eigenvalue weighted by Crippen LogP contribution is 2.33. The lowest BCUT2D eigenvalue weighted by Crippen LogP contribution is -2.33. The Bertz CT molecular complexity index is 1320. The summed E-state index contributed by atoms with van der Waals surface area (Å²) in [7, 11) is 0. The van der Waals surface area contributed by atoms with E-state index in [2.05, 4.69) is 10.6 Å². The molecular weight excluding hydrogens is 442 g/mol. The third kappa shape index (κ3) is 4.31. The Labute approximate surface area is 195 Å². The van der Waals surface area contributed by atoms with Crippen molar-refractivity contribution >= 4 is 46.4 Å². The van der Waals surface area contributed by atoms with Gasteiger partial charge in [-0.2, -0.15) is 0 Å². The predicted molar refractivity (Wildman–Crippen MR) is 127 cm³/mol. The SMILES string of the molecule is Cc1cccc(N2C(=O)C(Cl)=C(Nc3cccc(C(=O)Nc4ccc(O)cc4)c3)C2=O)c1C. The standard InChI is InChI=1S/C25H20ClN3O4/c1-14-5-3-8-20(15(14)2)29-24(32)21(26)22(25(29)33)27-18-7-4-6-16(13-18)23(31)28-17-9-11-19(30)12-10-17/h3-13,27,30H,1-2H3,(H,28,31). The van der Waals surface area contributed by atoms with Crippen molar-refractivity contribution in [2.45, 2.75) is 13.8 Å². The quantitative estimate of drug-likeness (QED) is 0.378. The van der Waals surface area contributed by atoms with Gasteiger partial charge in [-0.05, 0) is 73.5 Å². The summed E-state index contributed by atoms with van der Waals surface area (Å²) in [6.45, 7) is 3.73. The molecule has 3 amide bonds. The molecular formula is C25H20ClN3O4. The van der Waals surface area contributed by atoms with Gasteiger partial charge >= 0.3 is 0 Å². The number of carbonyl (C=O) groups excluding carboxylic acids is 3. The van der Waals surface area contributed by atoms with Crippen LogP contribution in [0.2, 0.25) is 0 Å². The van der Waals surface area contributed by atoms with E-state index in [0.29, 0.717) is 22.6 Å². The monoisotopic (exact) mass is 461 g/mol. The molecule has 166 valence electrons. The van der Waals surface area contributed by atoms with Gasteiger partial charge in [-0.15, -0.1) is 0 Å². The van der Waals surface area contributed by atoms with Gasteiger partial charge in [-0.25, -0.2) is 4.90 Å². The molecule has 3 aromatic carbocycles. The normalized spacial score (nSPS) is 13.5. The van der Waals surface area contributed by atoms with E-state index in [1.165, 1.54) is 12.1 Å². The van der Waals surface area contributed by atoms with Crippen LogP contribution in [0, 0.1) is 13.8 Å². The molecule has 0 atom stereocenters. The number of imide groups is 1. The van der Waals surface area contributed by atoms with Gasteiger partial charge in [0.2, 0.25) is 0 Å². The molecule has 3 N–H and O–H groups in total. The molecule has 33 heavy (non-hydrogen) atoms. The van der Waals surface area contributed by atoms with E-state index in [9.17, 15) is 19.5 Å². The van der Waals surface area contributed by atoms with Gasteiger partial charge in [0.05, 0.1) is 5.69 Å². The number of hydrogen-bond donors (Lipinski definition) is 3. The summed E-state index contributed by atoms with van der Waals surface area (Å²) in [4.78, 5) is 39.5. The first kappa shape index (κ1) is 22.1. The number of aromatic hydroxyl groups is 1. The lowest BCUT2D eigenvalue weighted by atomic mass is 10.1. The Morgan fingerprint density at radius 2 is 1.61 bits per heavy atom. The number of carbonyl (C=O) groups is 3. The van der Waals surface area contributed by atoms with Crippen LogP contribution in [-0.4, -0.2) is 22.8 Å². The molecule has 1 aliphatic heterocycles. The van der Waals surface area contributed by atoms with E-state index in [-0.39, 0.29) is 22.4 Å². The number of nitrogens with one attached hydrogen (secondary N) is 2. The van der Waals surface area contributed by atoms with Crippen LogP contribution in [0.3, 0.4) is 0 Å². The second kappa shape index (κ2) is 8.80. The van der Waals surface area contributed by atoms with E-state index in [4.69, 9.17) is 11.6 Å². The number of anilines is 3. The molecule has 0 spiro atoms. The molecule has 1 aliphatic rings. The summed E-state index contributed by atoms with van der Waals surface area (Å²) in [5.41, 5.74) is 3.43. The Morgan fingerprint density at radius 3 is 2.33 bits per heavy atom. The number of halogens is 1. The lowest BCUT2D eigenvalue weighted by Gasteiger charge is -2.18. The van der Waals surface area contributed by atoms with Crippen LogP contribution in [0.1, 0.15) is 21.5 Å². The number of aryl methyl sites for hydroxylation is 1. The van der Waals surface area contributed by atoms with E-state index in [0.717, 1.165) is 16.0 Å². The Kier molecular flexibility index (Phi) is 5.89. The first-order valence-corrected chi connectivity index (χ1v) is 10.5. The van der Waals surface area contributed by atoms with Gasteiger partial charge in [-0.3, -0.25) is 14.4 Å². The first-order chi connectivity index (χ1) is 15.8. The molecule has 4 rings (SSSR count). The van der Waals surface area contributed by atoms with Crippen LogP contribution in [0.5, 0.6) is 5.75 Å². The molecule has 0 saturated carbocycles. The van der Waals surface area contributed by atoms with Gasteiger partial charge in [0.1, 0.15) is 16.5 Å². The zero-order valence-electron chi connectivity index (χ0n) is 17.8. The number of nitrogens with zero attached hydrogens (tertiary/aromatic N) is 1. The number of amides is 3. The molecule has 0 unspecified atom stereocenters. The van der Waals surface area contributed by atoms with Gasteiger partial charge in [-0.1, -0.05) is 29.8 Å². The van der Waals surface area contributed by atoms with E-state index in [1.807, 2.05) is 19.9 Å².